The van der Waals surface area contributed by atoms with Crippen LogP contribution < -0.4 is 4.74 Å². The molecule has 0 spiro atoms. The maximum atomic E-state index is 11.2. The van der Waals surface area contributed by atoms with Crippen molar-refractivity contribution in [1.82, 2.24) is 20.2 Å². The van der Waals surface area contributed by atoms with Crippen LogP contribution in [0, 0.1) is 0 Å². The van der Waals surface area contributed by atoms with E-state index in [0.29, 0.717) is 22.2 Å². The first-order valence-electron chi connectivity index (χ1n) is 6.30. The van der Waals surface area contributed by atoms with Crippen LogP contribution in [0.25, 0.3) is 0 Å². The number of tetrazole rings is 1. The van der Waals surface area contributed by atoms with Gasteiger partial charge in [-0.05, 0) is 42.0 Å². The van der Waals surface area contributed by atoms with Gasteiger partial charge in [-0.2, -0.15) is 0 Å². The summed E-state index contributed by atoms with van der Waals surface area (Å²) in [5, 5.41) is 11.8. The standard InChI is InChI=1S/C13H15ClN4O2/c1-3-6-18-13(15-16-17-18)8-20-12-5-4-10(9(2)19)7-11(12)14/h4-5,7H,3,6,8H2,1-2H3. The van der Waals surface area contributed by atoms with E-state index in [9.17, 15) is 4.79 Å². The minimum atomic E-state index is -0.0367. The molecule has 1 heterocycles. The third kappa shape index (κ3) is 3.33. The fourth-order valence-corrected chi connectivity index (χ4v) is 1.93. The molecule has 1 aromatic heterocycles. The fourth-order valence-electron chi connectivity index (χ4n) is 1.69. The average molecular weight is 295 g/mol. The maximum absolute atomic E-state index is 11.2. The molecule has 0 saturated carbocycles. The van der Waals surface area contributed by atoms with Gasteiger partial charge in [0.05, 0.1) is 5.02 Å². The lowest BCUT2D eigenvalue weighted by Crippen LogP contribution is -2.08. The summed E-state index contributed by atoms with van der Waals surface area (Å²) in [6.07, 6.45) is 0.937. The van der Waals surface area contributed by atoms with Gasteiger partial charge in [0.15, 0.2) is 11.6 Å². The first-order chi connectivity index (χ1) is 9.61. The number of hydrogen-bond donors (Lipinski definition) is 0. The number of Topliss-reactive ketones (excluding diaryl/α,β-unsaturated/α-hetero) is 1. The summed E-state index contributed by atoms with van der Waals surface area (Å²) in [7, 11) is 0. The Labute approximate surface area is 121 Å². The second kappa shape index (κ2) is 6.47. The molecule has 7 heteroatoms. The Bertz CT molecular complexity index is 612. The van der Waals surface area contributed by atoms with E-state index in [1.54, 1.807) is 22.9 Å². The minimum Gasteiger partial charge on any atom is -0.484 e. The predicted octanol–water partition coefficient (Wildman–Crippen LogP) is 2.52. The number of aromatic nitrogens is 4. The molecule has 0 aliphatic carbocycles. The van der Waals surface area contributed by atoms with Gasteiger partial charge in [-0.1, -0.05) is 18.5 Å². The van der Waals surface area contributed by atoms with Gasteiger partial charge in [-0.3, -0.25) is 4.79 Å². The van der Waals surface area contributed by atoms with Crippen LogP contribution in [0.15, 0.2) is 18.2 Å². The zero-order valence-electron chi connectivity index (χ0n) is 11.3. The molecule has 0 saturated heterocycles. The van der Waals surface area contributed by atoms with Gasteiger partial charge < -0.3 is 4.74 Å². The summed E-state index contributed by atoms with van der Waals surface area (Å²) in [6.45, 7) is 4.50. The van der Waals surface area contributed by atoms with Crippen LogP contribution in [0.4, 0.5) is 0 Å². The number of benzene rings is 1. The van der Waals surface area contributed by atoms with Crippen molar-refractivity contribution in [3.05, 3.63) is 34.6 Å². The highest BCUT2D eigenvalue weighted by Crippen LogP contribution is 2.26. The van der Waals surface area contributed by atoms with E-state index < -0.39 is 0 Å². The van der Waals surface area contributed by atoms with E-state index in [1.165, 1.54) is 6.92 Å². The van der Waals surface area contributed by atoms with Gasteiger partial charge in [0.1, 0.15) is 12.4 Å². The van der Waals surface area contributed by atoms with Gasteiger partial charge in [0, 0.05) is 12.1 Å². The van der Waals surface area contributed by atoms with E-state index in [-0.39, 0.29) is 12.4 Å². The Kier molecular flexibility index (Phi) is 4.68. The van der Waals surface area contributed by atoms with Crippen LogP contribution >= 0.6 is 11.6 Å². The molecular weight excluding hydrogens is 280 g/mol. The number of halogens is 1. The van der Waals surface area contributed by atoms with Gasteiger partial charge in [0.25, 0.3) is 0 Å². The molecule has 0 bridgehead atoms. The zero-order chi connectivity index (χ0) is 14.5. The molecule has 0 radical (unpaired) electrons. The first kappa shape index (κ1) is 14.5. The van der Waals surface area contributed by atoms with Crippen molar-refractivity contribution >= 4 is 17.4 Å². The number of ketones is 1. The second-order valence-corrected chi connectivity index (χ2v) is 4.72. The molecular formula is C13H15ClN4O2. The number of aryl methyl sites for hydroxylation is 1. The van der Waals surface area contributed by atoms with Crippen molar-refractivity contribution in [3.8, 4) is 5.75 Å². The third-order valence-corrected chi connectivity index (χ3v) is 3.03. The highest BCUT2D eigenvalue weighted by molar-refractivity contribution is 6.32. The predicted molar refractivity (Wildman–Crippen MR) is 73.9 cm³/mol. The molecule has 2 rings (SSSR count). The molecule has 0 unspecified atom stereocenters. The fraction of sp³-hybridized carbons (Fsp3) is 0.385. The summed E-state index contributed by atoms with van der Waals surface area (Å²) in [6, 6.07) is 4.94. The van der Waals surface area contributed by atoms with Gasteiger partial charge >= 0.3 is 0 Å². The first-order valence-corrected chi connectivity index (χ1v) is 6.68. The van der Waals surface area contributed by atoms with Crippen molar-refractivity contribution in [2.45, 2.75) is 33.4 Å². The number of nitrogens with zero attached hydrogens (tertiary/aromatic N) is 4. The lowest BCUT2D eigenvalue weighted by atomic mass is 10.1. The highest BCUT2D eigenvalue weighted by atomic mass is 35.5. The average Bonchev–Trinajstić information content (AvgIpc) is 2.85. The van der Waals surface area contributed by atoms with Gasteiger partial charge in [-0.25, -0.2) is 4.68 Å². The molecule has 0 amide bonds. The van der Waals surface area contributed by atoms with Crippen LogP contribution in [0.1, 0.15) is 36.5 Å². The third-order valence-electron chi connectivity index (χ3n) is 2.74. The molecule has 6 nitrogen and oxygen atoms in total. The number of hydrogen-bond acceptors (Lipinski definition) is 5. The minimum absolute atomic E-state index is 0.0367. The quantitative estimate of drug-likeness (QED) is 0.766. The van der Waals surface area contributed by atoms with Crippen molar-refractivity contribution in [2.75, 3.05) is 0 Å². The molecule has 0 N–H and O–H groups in total. The second-order valence-electron chi connectivity index (χ2n) is 4.31. The highest BCUT2D eigenvalue weighted by Gasteiger charge is 2.09. The van der Waals surface area contributed by atoms with Crippen LogP contribution in [0.2, 0.25) is 5.02 Å². The maximum Gasteiger partial charge on any atom is 0.189 e. The van der Waals surface area contributed by atoms with E-state index in [4.69, 9.17) is 16.3 Å². The lowest BCUT2D eigenvalue weighted by molar-refractivity contribution is 0.101. The lowest BCUT2D eigenvalue weighted by Gasteiger charge is -2.08. The Morgan fingerprint density at radius 3 is 2.90 bits per heavy atom. The van der Waals surface area contributed by atoms with E-state index in [2.05, 4.69) is 15.5 Å². The summed E-state index contributed by atoms with van der Waals surface area (Å²) in [5.41, 5.74) is 0.554. The molecule has 0 fully saturated rings. The van der Waals surface area contributed by atoms with E-state index >= 15 is 0 Å². The largest absolute Gasteiger partial charge is 0.484 e. The molecule has 106 valence electrons. The summed E-state index contributed by atoms with van der Waals surface area (Å²) in [4.78, 5) is 11.2. The number of ether oxygens (including phenoxy) is 1. The number of carbonyl (C=O) groups is 1. The molecule has 1 aromatic carbocycles. The summed E-state index contributed by atoms with van der Waals surface area (Å²) < 4.78 is 7.29. The Hall–Kier alpha value is -1.95. The van der Waals surface area contributed by atoms with Crippen LogP contribution in [0.5, 0.6) is 5.75 Å². The van der Waals surface area contributed by atoms with E-state index in [1.807, 2.05) is 6.92 Å². The smallest absolute Gasteiger partial charge is 0.189 e. The summed E-state index contributed by atoms with van der Waals surface area (Å²) in [5.74, 6) is 1.10. The molecule has 0 aliphatic heterocycles. The van der Waals surface area contributed by atoms with Crippen molar-refractivity contribution in [1.29, 1.82) is 0 Å². The van der Waals surface area contributed by atoms with Gasteiger partial charge in [0.2, 0.25) is 0 Å². The number of carbonyl (C=O) groups excluding carboxylic acids is 1. The number of rotatable bonds is 6. The SMILES string of the molecule is CCCn1nnnc1COc1ccc(C(C)=O)cc1Cl. The monoisotopic (exact) mass is 294 g/mol. The van der Waals surface area contributed by atoms with Crippen molar-refractivity contribution in [3.63, 3.8) is 0 Å². The zero-order valence-corrected chi connectivity index (χ0v) is 12.1. The Balaban J connectivity index is 2.07. The van der Waals surface area contributed by atoms with Crippen LogP contribution in [0.3, 0.4) is 0 Å². The molecule has 0 aliphatic rings. The molecule has 20 heavy (non-hydrogen) atoms. The topological polar surface area (TPSA) is 69.9 Å². The van der Waals surface area contributed by atoms with Crippen LogP contribution in [-0.2, 0) is 13.2 Å². The van der Waals surface area contributed by atoms with Crippen LogP contribution in [-0.4, -0.2) is 26.0 Å². The van der Waals surface area contributed by atoms with Crippen molar-refractivity contribution in [2.24, 2.45) is 0 Å². The van der Waals surface area contributed by atoms with Gasteiger partial charge in [-0.15, -0.1) is 5.10 Å². The summed E-state index contributed by atoms with van der Waals surface area (Å²) >= 11 is 6.08. The Morgan fingerprint density at radius 1 is 1.45 bits per heavy atom. The van der Waals surface area contributed by atoms with E-state index in [0.717, 1.165) is 13.0 Å². The Morgan fingerprint density at radius 2 is 2.25 bits per heavy atom. The molecule has 2 aromatic rings. The normalized spacial score (nSPS) is 10.6. The van der Waals surface area contributed by atoms with Crippen molar-refractivity contribution < 1.29 is 9.53 Å². The molecule has 0 atom stereocenters.